The number of benzene rings is 1. The number of nitrogens with zero attached hydrogens (tertiary/aromatic N) is 2. The second kappa shape index (κ2) is 9.01. The first-order valence-electron chi connectivity index (χ1n) is 8.55. The van der Waals surface area contributed by atoms with Crippen LogP contribution in [0.4, 0.5) is 0 Å². The van der Waals surface area contributed by atoms with E-state index in [1.807, 2.05) is 38.1 Å². The molecule has 2 aromatic rings. The van der Waals surface area contributed by atoms with Crippen molar-refractivity contribution in [3.05, 3.63) is 46.8 Å². The molecule has 25 heavy (non-hydrogen) atoms. The first-order chi connectivity index (χ1) is 12.0. The maximum Gasteiger partial charge on any atom is 0.266 e. The molecular weight excluding hydrogens is 318 g/mol. The van der Waals surface area contributed by atoms with E-state index in [0.717, 1.165) is 17.7 Å². The lowest BCUT2D eigenvalue weighted by atomic mass is 10.1. The monoisotopic (exact) mass is 343 g/mol. The molecule has 1 N–H and O–H groups in total. The zero-order valence-corrected chi connectivity index (χ0v) is 15.0. The third-order valence-corrected chi connectivity index (χ3v) is 4.03. The van der Waals surface area contributed by atoms with Gasteiger partial charge in [-0.1, -0.05) is 19.1 Å². The quantitative estimate of drug-likeness (QED) is 0.800. The standard InChI is InChI=1S/C19H25N3O3/c1-4-14(2)20-18(23)9-6-12-22-19(24)11-10-17(21-22)15-7-5-8-16(13-15)25-3/h5,7-8,10-11,13-14H,4,6,9,12H2,1-3H3,(H,20,23)/t14-/m1/s1. The van der Waals surface area contributed by atoms with Crippen molar-refractivity contribution in [3.8, 4) is 17.0 Å². The highest BCUT2D eigenvalue weighted by atomic mass is 16.5. The van der Waals surface area contributed by atoms with E-state index < -0.39 is 0 Å². The summed E-state index contributed by atoms with van der Waals surface area (Å²) in [6, 6.07) is 10.9. The summed E-state index contributed by atoms with van der Waals surface area (Å²) in [6.45, 7) is 4.41. The SMILES string of the molecule is CC[C@@H](C)NC(=O)CCCn1nc(-c2cccc(OC)c2)ccc1=O. The Hall–Kier alpha value is -2.63. The second-order valence-corrected chi connectivity index (χ2v) is 5.99. The summed E-state index contributed by atoms with van der Waals surface area (Å²) >= 11 is 0. The molecule has 2 rings (SSSR count). The molecule has 1 heterocycles. The van der Waals surface area contributed by atoms with Gasteiger partial charge >= 0.3 is 0 Å². The maximum absolute atomic E-state index is 12.0. The van der Waals surface area contributed by atoms with Crippen molar-refractivity contribution in [2.24, 2.45) is 0 Å². The minimum absolute atomic E-state index is 0.00588. The summed E-state index contributed by atoms with van der Waals surface area (Å²) in [5.74, 6) is 0.741. The van der Waals surface area contributed by atoms with Crippen LogP contribution in [0.2, 0.25) is 0 Å². The molecule has 134 valence electrons. The van der Waals surface area contributed by atoms with Crippen molar-refractivity contribution in [3.63, 3.8) is 0 Å². The molecule has 0 bridgehead atoms. The molecule has 1 aromatic carbocycles. The van der Waals surface area contributed by atoms with Gasteiger partial charge in [0.15, 0.2) is 0 Å². The highest BCUT2D eigenvalue weighted by Gasteiger charge is 2.08. The van der Waals surface area contributed by atoms with Crippen molar-refractivity contribution in [1.29, 1.82) is 0 Å². The predicted octanol–water partition coefficient (Wildman–Crippen LogP) is 2.61. The number of carbonyl (C=O) groups is 1. The van der Waals surface area contributed by atoms with E-state index in [1.54, 1.807) is 13.2 Å². The van der Waals surface area contributed by atoms with Crippen LogP contribution in [0.5, 0.6) is 5.75 Å². The Kier molecular flexibility index (Phi) is 6.74. The van der Waals surface area contributed by atoms with E-state index in [9.17, 15) is 9.59 Å². The lowest BCUT2D eigenvalue weighted by Crippen LogP contribution is -2.32. The van der Waals surface area contributed by atoms with Gasteiger partial charge in [0.25, 0.3) is 5.56 Å². The Labute approximate surface area is 147 Å². The Bertz CT molecular complexity index is 771. The van der Waals surface area contributed by atoms with E-state index >= 15 is 0 Å². The average Bonchev–Trinajstić information content (AvgIpc) is 2.63. The van der Waals surface area contributed by atoms with Crippen LogP contribution >= 0.6 is 0 Å². The highest BCUT2D eigenvalue weighted by molar-refractivity contribution is 5.76. The predicted molar refractivity (Wildman–Crippen MR) is 97.6 cm³/mol. The van der Waals surface area contributed by atoms with Gasteiger partial charge in [0.1, 0.15) is 5.75 Å². The zero-order chi connectivity index (χ0) is 18.2. The van der Waals surface area contributed by atoms with Crippen molar-refractivity contribution < 1.29 is 9.53 Å². The van der Waals surface area contributed by atoms with Crippen LogP contribution in [0.3, 0.4) is 0 Å². The Morgan fingerprint density at radius 1 is 1.32 bits per heavy atom. The van der Waals surface area contributed by atoms with Crippen LogP contribution in [0, 0.1) is 0 Å². The number of carbonyl (C=O) groups excluding carboxylic acids is 1. The Morgan fingerprint density at radius 3 is 2.84 bits per heavy atom. The largest absolute Gasteiger partial charge is 0.497 e. The fraction of sp³-hybridized carbons (Fsp3) is 0.421. The molecule has 0 fully saturated rings. The molecule has 1 aromatic heterocycles. The fourth-order valence-electron chi connectivity index (χ4n) is 2.38. The number of aromatic nitrogens is 2. The molecule has 0 unspecified atom stereocenters. The number of hydrogen-bond donors (Lipinski definition) is 1. The highest BCUT2D eigenvalue weighted by Crippen LogP contribution is 2.21. The minimum Gasteiger partial charge on any atom is -0.497 e. The van der Waals surface area contributed by atoms with Gasteiger partial charge in [0.05, 0.1) is 12.8 Å². The van der Waals surface area contributed by atoms with Gasteiger partial charge in [-0.2, -0.15) is 5.10 Å². The van der Waals surface area contributed by atoms with Gasteiger partial charge in [-0.15, -0.1) is 0 Å². The summed E-state index contributed by atoms with van der Waals surface area (Å²) < 4.78 is 6.63. The minimum atomic E-state index is -0.172. The smallest absolute Gasteiger partial charge is 0.266 e. The molecule has 0 aliphatic heterocycles. The van der Waals surface area contributed by atoms with Crippen molar-refractivity contribution >= 4 is 5.91 Å². The van der Waals surface area contributed by atoms with Crippen LogP contribution in [0.25, 0.3) is 11.3 Å². The third-order valence-electron chi connectivity index (χ3n) is 4.03. The first kappa shape index (κ1) is 18.7. The van der Waals surface area contributed by atoms with E-state index in [0.29, 0.717) is 25.1 Å². The number of hydrogen-bond acceptors (Lipinski definition) is 4. The van der Waals surface area contributed by atoms with Gasteiger partial charge in [0.2, 0.25) is 5.91 Å². The first-order valence-corrected chi connectivity index (χ1v) is 8.55. The van der Waals surface area contributed by atoms with Crippen LogP contribution < -0.4 is 15.6 Å². The van der Waals surface area contributed by atoms with Gasteiger partial charge in [-0.3, -0.25) is 9.59 Å². The van der Waals surface area contributed by atoms with Crippen LogP contribution in [-0.2, 0) is 11.3 Å². The molecule has 0 radical (unpaired) electrons. The summed E-state index contributed by atoms with van der Waals surface area (Å²) in [4.78, 5) is 23.8. The summed E-state index contributed by atoms with van der Waals surface area (Å²) in [6.07, 6.45) is 1.84. The molecule has 6 heteroatoms. The van der Waals surface area contributed by atoms with E-state index in [4.69, 9.17) is 4.74 Å². The molecule has 6 nitrogen and oxygen atoms in total. The molecule has 0 aliphatic carbocycles. The molecule has 0 spiro atoms. The van der Waals surface area contributed by atoms with Crippen molar-refractivity contribution in [1.82, 2.24) is 15.1 Å². The number of ether oxygens (including phenoxy) is 1. The number of rotatable bonds is 8. The number of nitrogens with one attached hydrogen (secondary N) is 1. The lowest BCUT2D eigenvalue weighted by Gasteiger charge is -2.11. The molecule has 1 amide bonds. The molecule has 0 saturated carbocycles. The number of amides is 1. The Morgan fingerprint density at radius 2 is 2.12 bits per heavy atom. The molecule has 0 saturated heterocycles. The number of aryl methyl sites for hydroxylation is 1. The number of methoxy groups -OCH3 is 1. The maximum atomic E-state index is 12.0. The van der Waals surface area contributed by atoms with E-state index in [2.05, 4.69) is 10.4 Å². The zero-order valence-electron chi connectivity index (χ0n) is 15.0. The van der Waals surface area contributed by atoms with Gasteiger partial charge in [-0.25, -0.2) is 4.68 Å². The molecule has 1 atom stereocenters. The van der Waals surface area contributed by atoms with Crippen molar-refractivity contribution in [2.75, 3.05) is 7.11 Å². The lowest BCUT2D eigenvalue weighted by molar-refractivity contribution is -0.121. The van der Waals surface area contributed by atoms with Crippen LogP contribution in [-0.4, -0.2) is 28.8 Å². The average molecular weight is 343 g/mol. The van der Waals surface area contributed by atoms with Gasteiger partial charge in [0, 0.05) is 30.6 Å². The Balaban J connectivity index is 2.04. The fourth-order valence-corrected chi connectivity index (χ4v) is 2.38. The van der Waals surface area contributed by atoms with Crippen LogP contribution in [0.15, 0.2) is 41.2 Å². The molecular formula is C19H25N3O3. The second-order valence-electron chi connectivity index (χ2n) is 5.99. The summed E-state index contributed by atoms with van der Waals surface area (Å²) in [5.41, 5.74) is 1.40. The van der Waals surface area contributed by atoms with Crippen LogP contribution in [0.1, 0.15) is 33.1 Å². The normalized spacial score (nSPS) is 11.8. The third kappa shape index (κ3) is 5.45. The summed E-state index contributed by atoms with van der Waals surface area (Å²) in [5, 5.41) is 7.33. The van der Waals surface area contributed by atoms with Gasteiger partial charge in [-0.05, 0) is 38.0 Å². The summed E-state index contributed by atoms with van der Waals surface area (Å²) in [7, 11) is 1.61. The van der Waals surface area contributed by atoms with Crippen molar-refractivity contribution in [2.45, 2.75) is 45.7 Å². The van der Waals surface area contributed by atoms with E-state index in [-0.39, 0.29) is 17.5 Å². The topological polar surface area (TPSA) is 73.2 Å². The molecule has 0 aliphatic rings. The van der Waals surface area contributed by atoms with Gasteiger partial charge < -0.3 is 10.1 Å². The van der Waals surface area contributed by atoms with E-state index in [1.165, 1.54) is 10.7 Å².